The SMILES string of the molecule is CCC(CC)(CN)C(=O)Nc1ccc(CN2CCCC(C)C2)cc1. The number of carbonyl (C=O) groups is 1. The van der Waals surface area contributed by atoms with Crippen molar-refractivity contribution in [2.75, 3.05) is 25.0 Å². The van der Waals surface area contributed by atoms with Gasteiger partial charge in [-0.15, -0.1) is 0 Å². The minimum absolute atomic E-state index is 0.0348. The Hall–Kier alpha value is -1.39. The number of anilines is 1. The number of rotatable bonds is 7. The molecule has 1 aromatic rings. The lowest BCUT2D eigenvalue weighted by molar-refractivity contribution is -0.125. The van der Waals surface area contributed by atoms with E-state index in [1.54, 1.807) is 0 Å². The lowest BCUT2D eigenvalue weighted by Crippen LogP contribution is -2.41. The van der Waals surface area contributed by atoms with Gasteiger partial charge in [-0.3, -0.25) is 9.69 Å². The van der Waals surface area contributed by atoms with Crippen LogP contribution in [0.3, 0.4) is 0 Å². The molecule has 0 spiro atoms. The van der Waals surface area contributed by atoms with E-state index in [-0.39, 0.29) is 5.91 Å². The Kier molecular flexibility index (Phi) is 6.81. The number of nitrogens with zero attached hydrogens (tertiary/aromatic N) is 1. The van der Waals surface area contributed by atoms with Crippen LogP contribution in [0.5, 0.6) is 0 Å². The monoisotopic (exact) mass is 331 g/mol. The predicted molar refractivity (Wildman–Crippen MR) is 101 cm³/mol. The van der Waals surface area contributed by atoms with E-state index in [0.717, 1.165) is 31.0 Å². The van der Waals surface area contributed by atoms with Gasteiger partial charge in [-0.05, 0) is 55.8 Å². The lowest BCUT2D eigenvalue weighted by atomic mass is 9.81. The third-order valence-electron chi connectivity index (χ3n) is 5.59. The van der Waals surface area contributed by atoms with Gasteiger partial charge in [0.2, 0.25) is 5.91 Å². The average Bonchev–Trinajstić information content (AvgIpc) is 2.59. The first kappa shape index (κ1) is 18.9. The Morgan fingerprint density at radius 1 is 1.29 bits per heavy atom. The van der Waals surface area contributed by atoms with Crippen LogP contribution < -0.4 is 11.1 Å². The first-order valence-electron chi connectivity index (χ1n) is 9.35. The highest BCUT2D eigenvalue weighted by atomic mass is 16.2. The van der Waals surface area contributed by atoms with E-state index in [1.807, 2.05) is 26.0 Å². The van der Waals surface area contributed by atoms with Crippen LogP contribution in [-0.2, 0) is 11.3 Å². The first-order chi connectivity index (χ1) is 11.5. The Balaban J connectivity index is 1.95. The van der Waals surface area contributed by atoms with Crippen molar-refractivity contribution >= 4 is 11.6 Å². The molecule has 0 aliphatic carbocycles. The molecule has 1 aliphatic rings. The summed E-state index contributed by atoms with van der Waals surface area (Å²) >= 11 is 0. The number of amides is 1. The fourth-order valence-electron chi connectivity index (χ4n) is 3.60. The van der Waals surface area contributed by atoms with Gasteiger partial charge < -0.3 is 11.1 Å². The summed E-state index contributed by atoms with van der Waals surface area (Å²) in [7, 11) is 0. The second kappa shape index (κ2) is 8.63. The highest BCUT2D eigenvalue weighted by Crippen LogP contribution is 2.27. The largest absolute Gasteiger partial charge is 0.329 e. The molecule has 1 aromatic carbocycles. The van der Waals surface area contributed by atoms with Crippen molar-refractivity contribution < 1.29 is 4.79 Å². The van der Waals surface area contributed by atoms with Crippen molar-refractivity contribution in [3.05, 3.63) is 29.8 Å². The molecule has 2 rings (SSSR count). The smallest absolute Gasteiger partial charge is 0.231 e. The van der Waals surface area contributed by atoms with Crippen LogP contribution in [0.15, 0.2) is 24.3 Å². The molecule has 0 aromatic heterocycles. The molecule has 1 amide bonds. The summed E-state index contributed by atoms with van der Waals surface area (Å²) in [6.07, 6.45) is 4.16. The standard InChI is InChI=1S/C20H33N3O/c1-4-20(5-2,15-21)19(24)22-18-10-8-17(9-11-18)14-23-12-6-7-16(3)13-23/h8-11,16H,4-7,12-15,21H2,1-3H3,(H,22,24). The van der Waals surface area contributed by atoms with Crippen molar-refractivity contribution in [2.24, 2.45) is 17.1 Å². The van der Waals surface area contributed by atoms with E-state index in [0.29, 0.717) is 6.54 Å². The number of likely N-dealkylation sites (tertiary alicyclic amines) is 1. The quantitative estimate of drug-likeness (QED) is 0.802. The molecule has 0 bridgehead atoms. The van der Waals surface area contributed by atoms with Crippen LogP contribution in [0.2, 0.25) is 0 Å². The lowest BCUT2D eigenvalue weighted by Gasteiger charge is -2.31. The molecule has 1 aliphatic heterocycles. The third-order valence-corrected chi connectivity index (χ3v) is 5.59. The van der Waals surface area contributed by atoms with E-state index < -0.39 is 5.41 Å². The van der Waals surface area contributed by atoms with Gasteiger partial charge in [0.1, 0.15) is 0 Å². The number of carbonyl (C=O) groups excluding carboxylic acids is 1. The molecule has 1 saturated heterocycles. The second-order valence-corrected chi connectivity index (χ2v) is 7.33. The van der Waals surface area contributed by atoms with Crippen LogP contribution in [0.4, 0.5) is 5.69 Å². The molecule has 0 radical (unpaired) electrons. The molecule has 1 atom stereocenters. The van der Waals surface area contributed by atoms with E-state index in [4.69, 9.17) is 5.73 Å². The number of nitrogens with two attached hydrogens (primary N) is 1. The molecule has 3 N–H and O–H groups in total. The fraction of sp³-hybridized carbons (Fsp3) is 0.650. The highest BCUT2D eigenvalue weighted by molar-refractivity contribution is 5.95. The molecule has 0 saturated carbocycles. The number of nitrogens with one attached hydrogen (secondary N) is 1. The predicted octanol–water partition coefficient (Wildman–Crippen LogP) is 3.62. The van der Waals surface area contributed by atoms with Crippen LogP contribution >= 0.6 is 0 Å². The number of hydrogen-bond acceptors (Lipinski definition) is 3. The fourth-order valence-corrected chi connectivity index (χ4v) is 3.60. The topological polar surface area (TPSA) is 58.4 Å². The Labute approximate surface area is 146 Å². The summed E-state index contributed by atoms with van der Waals surface area (Å²) in [5, 5.41) is 3.04. The van der Waals surface area contributed by atoms with Gasteiger partial charge in [-0.2, -0.15) is 0 Å². The van der Waals surface area contributed by atoms with Gasteiger partial charge in [0.15, 0.2) is 0 Å². The summed E-state index contributed by atoms with van der Waals surface area (Å²) in [5.74, 6) is 0.831. The molecule has 24 heavy (non-hydrogen) atoms. The van der Waals surface area contributed by atoms with Crippen LogP contribution in [0.1, 0.15) is 52.0 Å². The summed E-state index contributed by atoms with van der Waals surface area (Å²) in [6, 6.07) is 8.26. The maximum absolute atomic E-state index is 12.6. The molecule has 1 heterocycles. The van der Waals surface area contributed by atoms with E-state index in [2.05, 4.69) is 29.3 Å². The average molecular weight is 332 g/mol. The highest BCUT2D eigenvalue weighted by Gasteiger charge is 2.33. The maximum Gasteiger partial charge on any atom is 0.231 e. The number of piperidine rings is 1. The summed E-state index contributed by atoms with van der Waals surface area (Å²) in [4.78, 5) is 15.1. The van der Waals surface area contributed by atoms with Crippen molar-refractivity contribution in [2.45, 2.75) is 53.0 Å². The van der Waals surface area contributed by atoms with Crippen LogP contribution in [0.25, 0.3) is 0 Å². The zero-order valence-electron chi connectivity index (χ0n) is 15.5. The Morgan fingerprint density at radius 3 is 2.50 bits per heavy atom. The van der Waals surface area contributed by atoms with Gasteiger partial charge in [0.05, 0.1) is 5.41 Å². The van der Waals surface area contributed by atoms with Crippen molar-refractivity contribution in [1.82, 2.24) is 4.90 Å². The van der Waals surface area contributed by atoms with Gasteiger partial charge in [-0.1, -0.05) is 32.9 Å². The molecule has 134 valence electrons. The van der Waals surface area contributed by atoms with E-state index >= 15 is 0 Å². The zero-order valence-corrected chi connectivity index (χ0v) is 15.5. The Bertz CT molecular complexity index is 514. The zero-order chi connectivity index (χ0) is 17.6. The minimum Gasteiger partial charge on any atom is -0.329 e. The molecule has 4 heteroatoms. The summed E-state index contributed by atoms with van der Waals surface area (Å²) in [5.41, 5.74) is 7.56. The van der Waals surface area contributed by atoms with Gasteiger partial charge in [0, 0.05) is 25.3 Å². The van der Waals surface area contributed by atoms with Crippen LogP contribution in [0, 0.1) is 11.3 Å². The summed E-state index contributed by atoms with van der Waals surface area (Å²) in [6.45, 7) is 10.1. The molecule has 1 unspecified atom stereocenters. The minimum atomic E-state index is -0.456. The second-order valence-electron chi connectivity index (χ2n) is 7.33. The maximum atomic E-state index is 12.6. The molecule has 4 nitrogen and oxygen atoms in total. The normalized spacial score (nSPS) is 19.2. The van der Waals surface area contributed by atoms with E-state index in [9.17, 15) is 4.79 Å². The molecular weight excluding hydrogens is 298 g/mol. The van der Waals surface area contributed by atoms with Crippen LogP contribution in [-0.4, -0.2) is 30.4 Å². The van der Waals surface area contributed by atoms with Gasteiger partial charge in [0.25, 0.3) is 0 Å². The molecule has 1 fully saturated rings. The summed E-state index contributed by atoms with van der Waals surface area (Å²) < 4.78 is 0. The number of hydrogen-bond donors (Lipinski definition) is 2. The van der Waals surface area contributed by atoms with Gasteiger partial charge >= 0.3 is 0 Å². The van der Waals surface area contributed by atoms with Crippen molar-refractivity contribution in [3.8, 4) is 0 Å². The van der Waals surface area contributed by atoms with Gasteiger partial charge in [-0.25, -0.2) is 0 Å². The van der Waals surface area contributed by atoms with E-state index in [1.165, 1.54) is 31.5 Å². The number of benzene rings is 1. The van der Waals surface area contributed by atoms with Crippen molar-refractivity contribution in [1.29, 1.82) is 0 Å². The van der Waals surface area contributed by atoms with Crippen molar-refractivity contribution in [3.63, 3.8) is 0 Å². The molecular formula is C20H33N3O. The Morgan fingerprint density at radius 2 is 1.96 bits per heavy atom. The third kappa shape index (κ3) is 4.58. The first-order valence-corrected chi connectivity index (χ1v) is 9.35.